The van der Waals surface area contributed by atoms with Gasteiger partial charge < -0.3 is 20.5 Å². The monoisotopic (exact) mass is 274 g/mol. The molecule has 6 heteroatoms. The first-order chi connectivity index (χ1) is 9.38. The number of hydrogen-bond donors (Lipinski definition) is 4. The molecule has 0 spiro atoms. The summed E-state index contributed by atoms with van der Waals surface area (Å²) in [5.41, 5.74) is 1.60. The van der Waals surface area contributed by atoms with Crippen LogP contribution in [0.25, 0.3) is 0 Å². The Labute approximate surface area is 115 Å². The van der Waals surface area contributed by atoms with Gasteiger partial charge in [0.05, 0.1) is 11.3 Å². The van der Waals surface area contributed by atoms with Crippen LogP contribution in [0.5, 0.6) is 5.75 Å². The van der Waals surface area contributed by atoms with Gasteiger partial charge in [-0.05, 0) is 32.0 Å². The summed E-state index contributed by atoms with van der Waals surface area (Å²) in [6.45, 7) is 3.48. The summed E-state index contributed by atoms with van der Waals surface area (Å²) in [4.78, 5) is 25.8. The van der Waals surface area contributed by atoms with Crippen LogP contribution in [0, 0.1) is 13.8 Å². The van der Waals surface area contributed by atoms with Gasteiger partial charge in [0.2, 0.25) is 0 Å². The number of aromatic nitrogens is 1. The van der Waals surface area contributed by atoms with Crippen molar-refractivity contribution in [3.63, 3.8) is 0 Å². The Kier molecular flexibility index (Phi) is 3.47. The van der Waals surface area contributed by atoms with E-state index in [0.717, 1.165) is 5.56 Å². The number of aromatic carboxylic acids is 1. The molecule has 1 heterocycles. The van der Waals surface area contributed by atoms with Crippen LogP contribution in [0.3, 0.4) is 0 Å². The van der Waals surface area contributed by atoms with Crippen molar-refractivity contribution in [2.24, 2.45) is 0 Å². The van der Waals surface area contributed by atoms with E-state index in [4.69, 9.17) is 5.11 Å². The number of rotatable bonds is 3. The van der Waals surface area contributed by atoms with Crippen LogP contribution in [0.4, 0.5) is 5.69 Å². The predicted molar refractivity (Wildman–Crippen MR) is 73.3 cm³/mol. The van der Waals surface area contributed by atoms with Crippen molar-refractivity contribution >= 4 is 17.6 Å². The molecule has 20 heavy (non-hydrogen) atoms. The summed E-state index contributed by atoms with van der Waals surface area (Å²) in [5.74, 6) is -1.88. The van der Waals surface area contributed by atoms with Gasteiger partial charge in [0, 0.05) is 5.69 Å². The Bertz CT molecular complexity index is 688. The molecule has 4 N–H and O–H groups in total. The lowest BCUT2D eigenvalue weighted by molar-refractivity contribution is 0.0692. The van der Waals surface area contributed by atoms with E-state index in [1.807, 2.05) is 0 Å². The van der Waals surface area contributed by atoms with Gasteiger partial charge in [-0.2, -0.15) is 0 Å². The van der Waals surface area contributed by atoms with Gasteiger partial charge in [-0.15, -0.1) is 0 Å². The maximum absolute atomic E-state index is 12.1. The number of nitrogens with one attached hydrogen (secondary N) is 2. The van der Waals surface area contributed by atoms with Gasteiger partial charge in [0.25, 0.3) is 5.91 Å². The molecule has 6 nitrogen and oxygen atoms in total. The first kappa shape index (κ1) is 13.7. The predicted octanol–water partition coefficient (Wildman–Crippen LogP) is 2.29. The highest BCUT2D eigenvalue weighted by atomic mass is 16.4. The van der Waals surface area contributed by atoms with Gasteiger partial charge in [0.1, 0.15) is 11.4 Å². The van der Waals surface area contributed by atoms with E-state index in [2.05, 4.69) is 10.3 Å². The molecule has 0 saturated carbocycles. The number of phenols is 1. The number of carbonyl (C=O) groups excluding carboxylic acids is 1. The second-order valence-corrected chi connectivity index (χ2v) is 4.52. The second-order valence-electron chi connectivity index (χ2n) is 4.52. The van der Waals surface area contributed by atoms with E-state index in [9.17, 15) is 14.7 Å². The molecule has 104 valence electrons. The van der Waals surface area contributed by atoms with E-state index in [0.29, 0.717) is 5.69 Å². The molecule has 0 radical (unpaired) electrons. The Balaban J connectivity index is 2.32. The zero-order chi connectivity index (χ0) is 14.9. The third-order valence-electron chi connectivity index (χ3n) is 2.81. The highest BCUT2D eigenvalue weighted by Gasteiger charge is 2.18. The van der Waals surface area contributed by atoms with Crippen LogP contribution in [-0.4, -0.2) is 27.1 Å². The van der Waals surface area contributed by atoms with E-state index >= 15 is 0 Å². The quantitative estimate of drug-likeness (QED) is 0.689. The van der Waals surface area contributed by atoms with E-state index < -0.39 is 11.9 Å². The van der Waals surface area contributed by atoms with Crippen LogP contribution in [0.1, 0.15) is 32.1 Å². The summed E-state index contributed by atoms with van der Waals surface area (Å²) in [7, 11) is 0. The topological polar surface area (TPSA) is 102 Å². The first-order valence-corrected chi connectivity index (χ1v) is 5.92. The maximum Gasteiger partial charge on any atom is 0.354 e. The average molecular weight is 274 g/mol. The Hall–Kier alpha value is -2.76. The fourth-order valence-corrected chi connectivity index (χ4v) is 1.88. The number of benzene rings is 1. The number of hydrogen-bond acceptors (Lipinski definition) is 3. The average Bonchev–Trinajstić information content (AvgIpc) is 2.73. The van der Waals surface area contributed by atoms with Gasteiger partial charge in [-0.3, -0.25) is 4.79 Å². The highest BCUT2D eigenvalue weighted by molar-refractivity contribution is 6.08. The molecule has 0 aliphatic heterocycles. The molecular formula is C14H14N2O4. The number of aryl methyl sites for hydroxylation is 2. The number of carboxylic acids is 1. The Morgan fingerprint density at radius 1 is 1.20 bits per heavy atom. The van der Waals surface area contributed by atoms with Crippen molar-refractivity contribution in [1.29, 1.82) is 0 Å². The largest absolute Gasteiger partial charge is 0.507 e. The molecule has 0 aliphatic rings. The summed E-state index contributed by atoms with van der Waals surface area (Å²) < 4.78 is 0. The normalized spacial score (nSPS) is 10.3. The molecule has 0 bridgehead atoms. The fourth-order valence-electron chi connectivity index (χ4n) is 1.88. The third kappa shape index (κ3) is 2.64. The van der Waals surface area contributed by atoms with Crippen molar-refractivity contribution in [3.8, 4) is 5.75 Å². The van der Waals surface area contributed by atoms with Crippen LogP contribution in [0.15, 0.2) is 24.3 Å². The highest BCUT2D eigenvalue weighted by Crippen LogP contribution is 2.22. The zero-order valence-electron chi connectivity index (χ0n) is 11.0. The molecule has 1 aromatic carbocycles. The molecule has 2 rings (SSSR count). The van der Waals surface area contributed by atoms with Crippen LogP contribution >= 0.6 is 0 Å². The standard InChI is InChI=1S/C14H14N2O4/c1-7-3-4-11(17)9(5-7)13(18)16-10-6-8(2)15-12(10)14(19)20/h3-6,15,17H,1-2H3,(H,16,18)(H,19,20). The van der Waals surface area contributed by atoms with E-state index in [-0.39, 0.29) is 22.7 Å². The number of anilines is 1. The number of H-pyrrole nitrogens is 1. The summed E-state index contributed by atoms with van der Waals surface area (Å²) in [5, 5.41) is 21.2. The smallest absolute Gasteiger partial charge is 0.354 e. The van der Waals surface area contributed by atoms with E-state index in [1.165, 1.54) is 18.2 Å². The molecular weight excluding hydrogens is 260 g/mol. The van der Waals surface area contributed by atoms with Crippen molar-refractivity contribution in [3.05, 3.63) is 46.8 Å². The maximum atomic E-state index is 12.1. The Morgan fingerprint density at radius 3 is 2.55 bits per heavy atom. The number of carboxylic acid groups (broad SMARTS) is 1. The summed E-state index contributed by atoms with van der Waals surface area (Å²) >= 11 is 0. The van der Waals surface area contributed by atoms with E-state index in [1.54, 1.807) is 19.9 Å². The lowest BCUT2D eigenvalue weighted by Gasteiger charge is -2.07. The number of aromatic amines is 1. The molecule has 0 atom stereocenters. The molecule has 0 aliphatic carbocycles. The van der Waals surface area contributed by atoms with Gasteiger partial charge in [-0.1, -0.05) is 11.6 Å². The lowest BCUT2D eigenvalue weighted by atomic mass is 10.1. The number of carbonyl (C=O) groups is 2. The molecule has 0 saturated heterocycles. The van der Waals surface area contributed by atoms with Gasteiger partial charge in [0.15, 0.2) is 0 Å². The SMILES string of the molecule is Cc1ccc(O)c(C(=O)Nc2cc(C)[nH]c2C(=O)O)c1. The molecule has 0 unspecified atom stereocenters. The molecule has 2 aromatic rings. The van der Waals surface area contributed by atoms with Crippen LogP contribution in [-0.2, 0) is 0 Å². The number of amides is 1. The Morgan fingerprint density at radius 2 is 1.90 bits per heavy atom. The fraction of sp³-hybridized carbons (Fsp3) is 0.143. The van der Waals surface area contributed by atoms with Crippen molar-refractivity contribution < 1.29 is 19.8 Å². The minimum Gasteiger partial charge on any atom is -0.507 e. The van der Waals surface area contributed by atoms with Crippen molar-refractivity contribution in [2.75, 3.05) is 5.32 Å². The van der Waals surface area contributed by atoms with Gasteiger partial charge in [-0.25, -0.2) is 4.79 Å². The number of phenolic OH excluding ortho intramolecular Hbond substituents is 1. The molecule has 1 aromatic heterocycles. The molecule has 0 fully saturated rings. The number of aromatic hydroxyl groups is 1. The van der Waals surface area contributed by atoms with Crippen LogP contribution < -0.4 is 5.32 Å². The van der Waals surface area contributed by atoms with Crippen molar-refractivity contribution in [1.82, 2.24) is 4.98 Å². The third-order valence-corrected chi connectivity index (χ3v) is 2.81. The minimum atomic E-state index is -1.16. The van der Waals surface area contributed by atoms with Gasteiger partial charge >= 0.3 is 5.97 Å². The molecule has 1 amide bonds. The summed E-state index contributed by atoms with van der Waals surface area (Å²) in [6.07, 6.45) is 0. The second kappa shape index (κ2) is 5.08. The lowest BCUT2D eigenvalue weighted by Crippen LogP contribution is -2.14. The first-order valence-electron chi connectivity index (χ1n) is 5.92. The zero-order valence-corrected chi connectivity index (χ0v) is 11.0. The minimum absolute atomic E-state index is 0.0945. The van der Waals surface area contributed by atoms with Crippen molar-refractivity contribution in [2.45, 2.75) is 13.8 Å². The summed E-state index contributed by atoms with van der Waals surface area (Å²) in [6, 6.07) is 6.15. The van der Waals surface area contributed by atoms with Crippen LogP contribution in [0.2, 0.25) is 0 Å².